The fraction of sp³-hybridized carbons (Fsp3) is 0.250. The van der Waals surface area contributed by atoms with E-state index in [2.05, 4.69) is 5.32 Å². The van der Waals surface area contributed by atoms with Gasteiger partial charge in [-0.3, -0.25) is 0 Å². The van der Waals surface area contributed by atoms with Gasteiger partial charge in [-0.15, -0.1) is 0 Å². The molecule has 0 bridgehead atoms. The van der Waals surface area contributed by atoms with Gasteiger partial charge < -0.3 is 14.5 Å². The van der Waals surface area contributed by atoms with E-state index in [-0.39, 0.29) is 6.10 Å². The first kappa shape index (κ1) is 16.5. The minimum Gasteiger partial charge on any atom is -0.469 e. The van der Waals surface area contributed by atoms with Crippen LogP contribution in [0.15, 0.2) is 34.9 Å². The highest BCUT2D eigenvalue weighted by Gasteiger charge is 2.15. The highest BCUT2D eigenvalue weighted by Crippen LogP contribution is 2.23. The summed E-state index contributed by atoms with van der Waals surface area (Å²) in [4.78, 5) is 12.5. The molecule has 0 aliphatic heterocycles. The molecule has 0 amide bonds. The van der Waals surface area contributed by atoms with Crippen molar-refractivity contribution in [1.29, 1.82) is 0 Å². The molecule has 0 unspecified atom stereocenters. The summed E-state index contributed by atoms with van der Waals surface area (Å²) in [7, 11) is 0. The molecule has 1 aromatic heterocycles. The van der Waals surface area contributed by atoms with E-state index in [4.69, 9.17) is 33.0 Å². The summed E-state index contributed by atoms with van der Waals surface area (Å²) >= 11 is 11.4. The Kier molecular flexibility index (Phi) is 5.21. The van der Waals surface area contributed by atoms with E-state index >= 15 is 0 Å². The first-order valence-corrected chi connectivity index (χ1v) is 7.53. The third-order valence-corrected chi connectivity index (χ3v) is 3.54. The lowest BCUT2D eigenvalue weighted by molar-refractivity contribution is 0.0378. The van der Waals surface area contributed by atoms with E-state index in [1.54, 1.807) is 44.4 Å². The monoisotopic (exact) mass is 337 g/mol. The van der Waals surface area contributed by atoms with Crippen molar-refractivity contribution >= 4 is 40.5 Å². The molecule has 0 saturated carbocycles. The minimum absolute atomic E-state index is 0.213. The highest BCUT2D eigenvalue weighted by atomic mass is 35.5. The molecular weight excluding hydrogens is 322 g/mol. The number of ether oxygens (including phenoxy) is 1. The summed E-state index contributed by atoms with van der Waals surface area (Å²) in [6.45, 7) is 5.39. The second kappa shape index (κ2) is 6.94. The van der Waals surface area contributed by atoms with Gasteiger partial charge in [0, 0.05) is 5.69 Å². The van der Waals surface area contributed by atoms with E-state index in [0.717, 1.165) is 11.3 Å². The molecule has 22 heavy (non-hydrogen) atoms. The lowest BCUT2D eigenvalue weighted by atomic mass is 10.2. The van der Waals surface area contributed by atoms with Crippen LogP contribution in [0.5, 0.6) is 0 Å². The zero-order valence-corrected chi connectivity index (χ0v) is 14.0. The van der Waals surface area contributed by atoms with Crippen molar-refractivity contribution in [2.45, 2.75) is 26.9 Å². The van der Waals surface area contributed by atoms with Gasteiger partial charge in [-0.2, -0.15) is 0 Å². The van der Waals surface area contributed by atoms with Crippen molar-refractivity contribution in [3.05, 3.63) is 52.4 Å². The second-order valence-corrected chi connectivity index (χ2v) is 5.81. The van der Waals surface area contributed by atoms with Crippen LogP contribution in [0.25, 0.3) is 0 Å². The quantitative estimate of drug-likeness (QED) is 0.653. The number of benzene rings is 1. The SMILES string of the molecule is Cc1occc1C(=S)Nc1ccc(Cl)c(C(=O)OC(C)C)c1. The highest BCUT2D eigenvalue weighted by molar-refractivity contribution is 7.81. The molecule has 4 nitrogen and oxygen atoms in total. The average Bonchev–Trinajstić information content (AvgIpc) is 2.86. The Bertz CT molecular complexity index is 709. The number of furan rings is 1. The zero-order chi connectivity index (χ0) is 16.3. The van der Waals surface area contributed by atoms with Crippen LogP contribution in [0.1, 0.15) is 35.5 Å². The summed E-state index contributed by atoms with van der Waals surface area (Å²) in [5.41, 5.74) is 1.76. The van der Waals surface area contributed by atoms with Crippen molar-refractivity contribution in [3.63, 3.8) is 0 Å². The van der Waals surface area contributed by atoms with Crippen LogP contribution in [0.3, 0.4) is 0 Å². The summed E-state index contributed by atoms with van der Waals surface area (Å²) in [6.07, 6.45) is 1.36. The average molecular weight is 338 g/mol. The van der Waals surface area contributed by atoms with E-state index < -0.39 is 5.97 Å². The molecule has 116 valence electrons. The fourth-order valence-electron chi connectivity index (χ4n) is 1.86. The Balaban J connectivity index is 2.21. The first-order chi connectivity index (χ1) is 10.4. The van der Waals surface area contributed by atoms with Gasteiger partial charge >= 0.3 is 5.97 Å². The number of anilines is 1. The van der Waals surface area contributed by atoms with Gasteiger partial charge in [0.1, 0.15) is 10.7 Å². The molecule has 1 heterocycles. The molecule has 1 N–H and O–H groups in total. The molecule has 0 aliphatic carbocycles. The molecule has 0 saturated heterocycles. The van der Waals surface area contributed by atoms with E-state index in [0.29, 0.717) is 21.3 Å². The first-order valence-electron chi connectivity index (χ1n) is 6.74. The molecule has 6 heteroatoms. The number of aryl methyl sites for hydroxylation is 1. The third-order valence-electron chi connectivity index (χ3n) is 2.89. The number of hydrogen-bond acceptors (Lipinski definition) is 4. The van der Waals surface area contributed by atoms with Gasteiger partial charge in [0.15, 0.2) is 0 Å². The molecule has 0 spiro atoms. The normalized spacial score (nSPS) is 10.6. The van der Waals surface area contributed by atoms with E-state index in [9.17, 15) is 4.79 Å². The van der Waals surface area contributed by atoms with Gasteiger partial charge in [0.25, 0.3) is 0 Å². The second-order valence-electron chi connectivity index (χ2n) is 4.99. The van der Waals surface area contributed by atoms with Crippen LogP contribution in [0, 0.1) is 6.92 Å². The Morgan fingerprint density at radius 1 is 1.32 bits per heavy atom. The van der Waals surface area contributed by atoms with Crippen molar-refractivity contribution in [2.75, 3.05) is 5.32 Å². The van der Waals surface area contributed by atoms with Crippen molar-refractivity contribution in [1.82, 2.24) is 0 Å². The number of thiocarbonyl (C=S) groups is 1. The van der Waals surface area contributed by atoms with Crippen LogP contribution >= 0.6 is 23.8 Å². The largest absolute Gasteiger partial charge is 0.469 e. The lowest BCUT2D eigenvalue weighted by Crippen LogP contribution is -2.14. The van der Waals surface area contributed by atoms with Gasteiger partial charge in [0.2, 0.25) is 0 Å². The van der Waals surface area contributed by atoms with E-state index in [1.807, 2.05) is 6.92 Å². The van der Waals surface area contributed by atoms with Crippen molar-refractivity contribution in [3.8, 4) is 0 Å². The maximum Gasteiger partial charge on any atom is 0.339 e. The predicted octanol–water partition coefficient (Wildman–Crippen LogP) is 4.59. The molecule has 0 atom stereocenters. The maximum atomic E-state index is 12.0. The molecule has 2 rings (SSSR count). The van der Waals surface area contributed by atoms with Crippen LogP contribution in [0.2, 0.25) is 5.02 Å². The minimum atomic E-state index is -0.464. The number of halogens is 1. The van der Waals surface area contributed by atoms with Crippen LogP contribution in [-0.4, -0.2) is 17.1 Å². The number of hydrogen-bond donors (Lipinski definition) is 1. The van der Waals surface area contributed by atoms with Crippen LogP contribution < -0.4 is 5.32 Å². The standard InChI is InChI=1S/C16H16ClNO3S/c1-9(2)21-16(19)13-8-11(4-5-14(13)17)18-15(22)12-6-7-20-10(12)3/h4-9H,1-3H3,(H,18,22). The maximum absolute atomic E-state index is 12.0. The Hall–Kier alpha value is -1.85. The molecular formula is C16H16ClNO3S. The van der Waals surface area contributed by atoms with Crippen LogP contribution in [-0.2, 0) is 4.74 Å². The van der Waals surface area contributed by atoms with Crippen molar-refractivity contribution in [2.24, 2.45) is 0 Å². The number of esters is 1. The van der Waals surface area contributed by atoms with Gasteiger partial charge in [-0.05, 0) is 45.0 Å². The summed E-state index contributed by atoms with van der Waals surface area (Å²) in [5, 5.41) is 3.40. The molecule has 1 aromatic carbocycles. The van der Waals surface area contributed by atoms with Crippen LogP contribution in [0.4, 0.5) is 5.69 Å². The number of nitrogens with one attached hydrogen (secondary N) is 1. The van der Waals surface area contributed by atoms with Gasteiger partial charge in [0.05, 0.1) is 28.5 Å². The van der Waals surface area contributed by atoms with Gasteiger partial charge in [-0.25, -0.2) is 4.79 Å². The van der Waals surface area contributed by atoms with Gasteiger partial charge in [-0.1, -0.05) is 23.8 Å². The molecule has 0 aliphatic rings. The zero-order valence-electron chi connectivity index (χ0n) is 12.5. The van der Waals surface area contributed by atoms with Crippen molar-refractivity contribution < 1.29 is 13.9 Å². The lowest BCUT2D eigenvalue weighted by Gasteiger charge is -2.12. The smallest absolute Gasteiger partial charge is 0.339 e. The number of carbonyl (C=O) groups is 1. The Morgan fingerprint density at radius 2 is 2.05 bits per heavy atom. The topological polar surface area (TPSA) is 51.5 Å². The predicted molar refractivity (Wildman–Crippen MR) is 90.8 cm³/mol. The molecule has 0 radical (unpaired) electrons. The van der Waals surface area contributed by atoms with E-state index in [1.165, 1.54) is 0 Å². The number of rotatable bonds is 4. The fourth-order valence-corrected chi connectivity index (χ4v) is 2.38. The summed E-state index contributed by atoms with van der Waals surface area (Å²) < 4.78 is 10.4. The third kappa shape index (κ3) is 3.87. The Labute approximate surface area is 139 Å². The Morgan fingerprint density at radius 3 is 2.64 bits per heavy atom. The number of carbonyl (C=O) groups excluding carboxylic acids is 1. The molecule has 0 fully saturated rings. The molecule has 2 aromatic rings. The summed E-state index contributed by atoms with van der Waals surface area (Å²) in [5.74, 6) is 0.264. The summed E-state index contributed by atoms with van der Waals surface area (Å²) in [6, 6.07) is 6.78.